The highest BCUT2D eigenvalue weighted by molar-refractivity contribution is 5.80. The molecule has 0 spiro atoms. The lowest BCUT2D eigenvalue weighted by Crippen LogP contribution is -2.47. The molecule has 4 nitrogen and oxygen atoms in total. The summed E-state index contributed by atoms with van der Waals surface area (Å²) in [5, 5.41) is 0. The normalized spacial score (nSPS) is 41.1. The van der Waals surface area contributed by atoms with Crippen LogP contribution in [0.25, 0.3) is 0 Å². The SMILES string of the molecule is CC1OC(C)C(C(=O)N2CCCC(CN)C2)C1C. The second kappa shape index (κ2) is 5.57. The molecule has 0 bridgehead atoms. The van der Waals surface area contributed by atoms with Crippen LogP contribution in [0.5, 0.6) is 0 Å². The van der Waals surface area contributed by atoms with Gasteiger partial charge in [-0.3, -0.25) is 4.79 Å². The van der Waals surface area contributed by atoms with Gasteiger partial charge in [-0.15, -0.1) is 0 Å². The number of hydrogen-bond acceptors (Lipinski definition) is 3. The minimum atomic E-state index is 0.0246. The highest BCUT2D eigenvalue weighted by Crippen LogP contribution is 2.34. The molecule has 2 aliphatic rings. The van der Waals surface area contributed by atoms with Crippen molar-refractivity contribution in [3.8, 4) is 0 Å². The molecule has 0 aromatic carbocycles. The highest BCUT2D eigenvalue weighted by Gasteiger charge is 2.43. The lowest BCUT2D eigenvalue weighted by atomic mass is 9.87. The van der Waals surface area contributed by atoms with Gasteiger partial charge in [0.05, 0.1) is 18.1 Å². The van der Waals surface area contributed by atoms with Gasteiger partial charge in [0.15, 0.2) is 0 Å². The second-order valence-corrected chi connectivity index (χ2v) is 5.96. The van der Waals surface area contributed by atoms with Crippen LogP contribution in [0.3, 0.4) is 0 Å². The van der Waals surface area contributed by atoms with E-state index in [1.807, 2.05) is 11.8 Å². The monoisotopic (exact) mass is 254 g/mol. The largest absolute Gasteiger partial charge is 0.374 e. The fourth-order valence-corrected chi connectivity index (χ4v) is 3.36. The molecule has 104 valence electrons. The molecule has 5 unspecified atom stereocenters. The minimum absolute atomic E-state index is 0.0246. The molecule has 4 heteroatoms. The third-order valence-corrected chi connectivity index (χ3v) is 4.69. The van der Waals surface area contributed by atoms with E-state index in [2.05, 4.69) is 13.8 Å². The van der Waals surface area contributed by atoms with E-state index in [4.69, 9.17) is 10.5 Å². The van der Waals surface area contributed by atoms with E-state index >= 15 is 0 Å². The number of carbonyl (C=O) groups is 1. The lowest BCUT2D eigenvalue weighted by molar-refractivity contribution is -0.139. The molecule has 18 heavy (non-hydrogen) atoms. The maximum absolute atomic E-state index is 12.6. The third kappa shape index (κ3) is 2.54. The van der Waals surface area contributed by atoms with Gasteiger partial charge in [-0.05, 0) is 45.1 Å². The van der Waals surface area contributed by atoms with E-state index in [1.165, 1.54) is 0 Å². The van der Waals surface area contributed by atoms with Crippen molar-refractivity contribution in [2.45, 2.75) is 45.8 Å². The number of likely N-dealkylation sites (tertiary alicyclic amines) is 1. The molecule has 5 atom stereocenters. The van der Waals surface area contributed by atoms with Crippen molar-refractivity contribution in [2.24, 2.45) is 23.5 Å². The van der Waals surface area contributed by atoms with Gasteiger partial charge in [0, 0.05) is 13.1 Å². The van der Waals surface area contributed by atoms with Crippen LogP contribution < -0.4 is 5.73 Å². The Labute approximate surface area is 110 Å². The quantitative estimate of drug-likeness (QED) is 0.806. The third-order valence-electron chi connectivity index (χ3n) is 4.69. The van der Waals surface area contributed by atoms with E-state index in [0.717, 1.165) is 25.9 Å². The standard InChI is InChI=1S/C14H26N2O2/c1-9-10(2)18-11(3)13(9)14(17)16-6-4-5-12(7-15)8-16/h9-13H,4-8,15H2,1-3H3. The molecular weight excluding hydrogens is 228 g/mol. The van der Waals surface area contributed by atoms with E-state index in [1.54, 1.807) is 0 Å². The zero-order valence-electron chi connectivity index (χ0n) is 11.8. The van der Waals surface area contributed by atoms with Gasteiger partial charge >= 0.3 is 0 Å². The van der Waals surface area contributed by atoms with Crippen molar-refractivity contribution in [2.75, 3.05) is 19.6 Å². The number of amides is 1. The summed E-state index contributed by atoms with van der Waals surface area (Å²) in [6.07, 6.45) is 2.47. The summed E-state index contributed by atoms with van der Waals surface area (Å²) in [6, 6.07) is 0. The number of nitrogens with two attached hydrogens (primary N) is 1. The molecule has 0 radical (unpaired) electrons. The second-order valence-electron chi connectivity index (χ2n) is 5.96. The maximum atomic E-state index is 12.6. The molecule has 0 saturated carbocycles. The Bertz CT molecular complexity index is 308. The van der Waals surface area contributed by atoms with Crippen LogP contribution in [-0.4, -0.2) is 42.6 Å². The number of piperidine rings is 1. The minimum Gasteiger partial charge on any atom is -0.374 e. The molecule has 0 aromatic heterocycles. The van der Waals surface area contributed by atoms with Crippen LogP contribution in [0.1, 0.15) is 33.6 Å². The van der Waals surface area contributed by atoms with Gasteiger partial charge in [0.25, 0.3) is 0 Å². The van der Waals surface area contributed by atoms with Gasteiger partial charge in [0.2, 0.25) is 5.91 Å². The Morgan fingerprint density at radius 3 is 2.61 bits per heavy atom. The lowest BCUT2D eigenvalue weighted by Gasteiger charge is -2.35. The Morgan fingerprint density at radius 2 is 2.06 bits per heavy atom. The van der Waals surface area contributed by atoms with Crippen molar-refractivity contribution in [1.82, 2.24) is 4.90 Å². The van der Waals surface area contributed by atoms with Crippen LogP contribution in [0, 0.1) is 17.8 Å². The number of ether oxygens (including phenoxy) is 1. The van der Waals surface area contributed by atoms with Crippen LogP contribution in [-0.2, 0) is 9.53 Å². The summed E-state index contributed by atoms with van der Waals surface area (Å²) in [7, 11) is 0. The summed E-state index contributed by atoms with van der Waals surface area (Å²) in [4.78, 5) is 14.6. The molecule has 2 fully saturated rings. The van der Waals surface area contributed by atoms with Crippen LogP contribution in [0.15, 0.2) is 0 Å². The van der Waals surface area contributed by atoms with Gasteiger partial charge in [-0.1, -0.05) is 6.92 Å². The Balaban J connectivity index is 2.02. The summed E-state index contributed by atoms with van der Waals surface area (Å²) in [5.74, 6) is 1.09. The van der Waals surface area contributed by atoms with Crippen molar-refractivity contribution in [3.05, 3.63) is 0 Å². The summed E-state index contributed by atoms with van der Waals surface area (Å²) >= 11 is 0. The Hall–Kier alpha value is -0.610. The molecule has 2 saturated heterocycles. The van der Waals surface area contributed by atoms with Gasteiger partial charge in [-0.2, -0.15) is 0 Å². The van der Waals surface area contributed by atoms with E-state index in [-0.39, 0.29) is 24.0 Å². The molecular formula is C14H26N2O2. The highest BCUT2D eigenvalue weighted by atomic mass is 16.5. The first kappa shape index (κ1) is 13.8. The average Bonchev–Trinajstić information content (AvgIpc) is 2.62. The molecule has 2 aliphatic heterocycles. The zero-order chi connectivity index (χ0) is 13.3. The summed E-state index contributed by atoms with van der Waals surface area (Å²) in [5.41, 5.74) is 5.73. The molecule has 2 rings (SSSR count). The topological polar surface area (TPSA) is 55.6 Å². The van der Waals surface area contributed by atoms with Crippen molar-refractivity contribution >= 4 is 5.91 Å². The zero-order valence-corrected chi connectivity index (χ0v) is 11.8. The molecule has 1 amide bonds. The average molecular weight is 254 g/mol. The van der Waals surface area contributed by atoms with E-state index in [0.29, 0.717) is 18.4 Å². The number of carbonyl (C=O) groups excluding carboxylic acids is 1. The van der Waals surface area contributed by atoms with Crippen LogP contribution in [0.2, 0.25) is 0 Å². The van der Waals surface area contributed by atoms with Crippen molar-refractivity contribution in [1.29, 1.82) is 0 Å². The van der Waals surface area contributed by atoms with Gasteiger partial charge in [0.1, 0.15) is 0 Å². The Kier molecular flexibility index (Phi) is 4.28. The first-order valence-corrected chi connectivity index (χ1v) is 7.19. The van der Waals surface area contributed by atoms with E-state index in [9.17, 15) is 4.79 Å². The first-order valence-electron chi connectivity index (χ1n) is 7.19. The molecule has 2 N–H and O–H groups in total. The summed E-state index contributed by atoms with van der Waals surface area (Å²) < 4.78 is 5.78. The number of hydrogen-bond donors (Lipinski definition) is 1. The fraction of sp³-hybridized carbons (Fsp3) is 0.929. The predicted molar refractivity (Wildman–Crippen MR) is 71.0 cm³/mol. The molecule has 2 heterocycles. The molecule has 0 aliphatic carbocycles. The fourth-order valence-electron chi connectivity index (χ4n) is 3.36. The van der Waals surface area contributed by atoms with Gasteiger partial charge in [-0.25, -0.2) is 0 Å². The number of nitrogens with zero attached hydrogens (tertiary/aromatic N) is 1. The predicted octanol–water partition coefficient (Wildman–Crippen LogP) is 1.24. The smallest absolute Gasteiger partial charge is 0.228 e. The molecule has 0 aromatic rings. The van der Waals surface area contributed by atoms with Crippen molar-refractivity contribution in [3.63, 3.8) is 0 Å². The van der Waals surface area contributed by atoms with Crippen LogP contribution >= 0.6 is 0 Å². The van der Waals surface area contributed by atoms with Crippen LogP contribution in [0.4, 0.5) is 0 Å². The first-order chi connectivity index (χ1) is 8.54. The maximum Gasteiger partial charge on any atom is 0.228 e. The number of rotatable bonds is 2. The van der Waals surface area contributed by atoms with Crippen molar-refractivity contribution < 1.29 is 9.53 Å². The summed E-state index contributed by atoms with van der Waals surface area (Å²) in [6.45, 7) is 8.62. The van der Waals surface area contributed by atoms with E-state index < -0.39 is 0 Å². The van der Waals surface area contributed by atoms with Gasteiger partial charge < -0.3 is 15.4 Å². The Morgan fingerprint density at radius 1 is 1.33 bits per heavy atom.